The first-order valence-electron chi connectivity index (χ1n) is 7.98. The first-order chi connectivity index (χ1) is 12.4. The van der Waals surface area contributed by atoms with Crippen molar-refractivity contribution in [1.82, 2.24) is 0 Å². The van der Waals surface area contributed by atoms with Crippen LogP contribution in [0.15, 0.2) is 24.3 Å². The van der Waals surface area contributed by atoms with Crippen molar-refractivity contribution in [3.8, 4) is 0 Å². The number of rotatable bonds is 7. The van der Waals surface area contributed by atoms with Crippen molar-refractivity contribution < 1.29 is 28.7 Å². The van der Waals surface area contributed by atoms with Gasteiger partial charge in [0.1, 0.15) is 6.04 Å². The second kappa shape index (κ2) is 8.81. The monoisotopic (exact) mass is 380 g/mol. The van der Waals surface area contributed by atoms with Crippen LogP contribution >= 0.6 is 11.8 Å². The van der Waals surface area contributed by atoms with E-state index in [2.05, 4.69) is 4.74 Å². The van der Waals surface area contributed by atoms with Crippen LogP contribution in [0.1, 0.15) is 23.7 Å². The van der Waals surface area contributed by atoms with E-state index in [0.29, 0.717) is 11.3 Å². The lowest BCUT2D eigenvalue weighted by atomic mass is 10.2. The van der Waals surface area contributed by atoms with Crippen LogP contribution in [0.3, 0.4) is 0 Å². The van der Waals surface area contributed by atoms with E-state index in [9.17, 15) is 19.2 Å². The first kappa shape index (κ1) is 19.9. The number of carbonyl (C=O) groups excluding carboxylic acids is 4. The fourth-order valence-corrected chi connectivity index (χ4v) is 3.49. The lowest BCUT2D eigenvalue weighted by Crippen LogP contribution is -2.36. The molecule has 0 radical (unpaired) electrons. The number of hydrogen-bond donors (Lipinski definition) is 1. The number of carbonyl (C=O) groups is 4. The molecule has 26 heavy (non-hydrogen) atoms. The predicted octanol–water partition coefficient (Wildman–Crippen LogP) is 0.729. The van der Waals surface area contributed by atoms with Gasteiger partial charge in [-0.05, 0) is 31.2 Å². The van der Waals surface area contributed by atoms with Gasteiger partial charge < -0.3 is 15.2 Å². The fourth-order valence-electron chi connectivity index (χ4n) is 2.41. The van der Waals surface area contributed by atoms with Gasteiger partial charge in [0.05, 0.1) is 30.2 Å². The molecule has 2 rings (SSSR count). The van der Waals surface area contributed by atoms with Crippen molar-refractivity contribution in [3.63, 3.8) is 0 Å². The average molecular weight is 380 g/mol. The Hall–Kier alpha value is -2.39. The third-order valence-electron chi connectivity index (χ3n) is 3.72. The Morgan fingerprint density at radius 2 is 1.96 bits per heavy atom. The number of esters is 2. The van der Waals surface area contributed by atoms with E-state index >= 15 is 0 Å². The number of amides is 2. The molecule has 0 bridgehead atoms. The summed E-state index contributed by atoms with van der Waals surface area (Å²) in [5, 5.41) is -0.608. The molecule has 9 heteroatoms. The van der Waals surface area contributed by atoms with Gasteiger partial charge in [-0.15, -0.1) is 11.8 Å². The van der Waals surface area contributed by atoms with E-state index in [4.69, 9.17) is 10.5 Å². The lowest BCUT2D eigenvalue weighted by molar-refractivity contribution is -0.144. The highest BCUT2D eigenvalue weighted by atomic mass is 32.2. The van der Waals surface area contributed by atoms with E-state index in [0.717, 1.165) is 16.7 Å². The Morgan fingerprint density at radius 3 is 2.54 bits per heavy atom. The summed E-state index contributed by atoms with van der Waals surface area (Å²) in [6, 6.07) is 5.15. The van der Waals surface area contributed by atoms with Crippen LogP contribution in [-0.4, -0.2) is 54.5 Å². The van der Waals surface area contributed by atoms with Crippen LogP contribution in [0.2, 0.25) is 0 Å². The average Bonchev–Trinajstić information content (AvgIpc) is 2.92. The van der Waals surface area contributed by atoms with Crippen LogP contribution in [0.5, 0.6) is 0 Å². The van der Waals surface area contributed by atoms with E-state index in [1.54, 1.807) is 6.92 Å². The molecule has 8 nitrogen and oxygen atoms in total. The molecule has 140 valence electrons. The maximum Gasteiger partial charge on any atom is 0.337 e. The smallest absolute Gasteiger partial charge is 0.337 e. The van der Waals surface area contributed by atoms with Crippen molar-refractivity contribution in [2.24, 2.45) is 5.73 Å². The molecule has 1 aliphatic heterocycles. The molecule has 0 unspecified atom stereocenters. The molecule has 1 aliphatic rings. The number of nitrogens with zero attached hydrogens (tertiary/aromatic N) is 1. The maximum atomic E-state index is 12.5. The third kappa shape index (κ3) is 4.41. The summed E-state index contributed by atoms with van der Waals surface area (Å²) in [5.74, 6) is -1.58. The topological polar surface area (TPSA) is 116 Å². The number of imide groups is 1. The number of methoxy groups -OCH3 is 1. The molecule has 0 aliphatic carbocycles. The molecule has 2 amide bonds. The van der Waals surface area contributed by atoms with E-state index in [1.807, 2.05) is 0 Å². The summed E-state index contributed by atoms with van der Waals surface area (Å²) in [6.07, 6.45) is 0.0256. The molecule has 0 aromatic heterocycles. The summed E-state index contributed by atoms with van der Waals surface area (Å²) >= 11 is 1.16. The van der Waals surface area contributed by atoms with E-state index in [1.165, 1.54) is 31.4 Å². The van der Waals surface area contributed by atoms with Crippen LogP contribution < -0.4 is 10.6 Å². The van der Waals surface area contributed by atoms with Crippen molar-refractivity contribution in [2.75, 3.05) is 24.4 Å². The Labute approximate surface area is 155 Å². The van der Waals surface area contributed by atoms with Gasteiger partial charge in [0, 0.05) is 12.2 Å². The zero-order valence-electron chi connectivity index (χ0n) is 14.5. The Kier molecular flexibility index (Phi) is 6.76. The Balaban J connectivity index is 2.02. The highest BCUT2D eigenvalue weighted by Crippen LogP contribution is 2.30. The quantitative estimate of drug-likeness (QED) is 0.544. The summed E-state index contributed by atoms with van der Waals surface area (Å²) in [7, 11) is 1.27. The summed E-state index contributed by atoms with van der Waals surface area (Å²) in [5.41, 5.74) is 6.42. The third-order valence-corrected chi connectivity index (χ3v) is 5.04. The highest BCUT2D eigenvalue weighted by Gasteiger charge is 2.40. The molecule has 1 aromatic rings. The Bertz CT molecular complexity index is 706. The van der Waals surface area contributed by atoms with E-state index < -0.39 is 23.2 Å². The van der Waals surface area contributed by atoms with Crippen molar-refractivity contribution in [1.29, 1.82) is 0 Å². The van der Waals surface area contributed by atoms with Gasteiger partial charge in [-0.1, -0.05) is 0 Å². The standard InChI is InChI=1S/C17H20N2O6S/c1-3-25-17(23)12(18)9-26-13-8-14(20)19(15(13)21)11-6-4-10(5-7-11)16(22)24-2/h4-7,12-13H,3,8-9,18H2,1-2H3/t12-,13-/m0/s1. The number of nitrogens with two attached hydrogens (primary N) is 1. The molecule has 0 saturated carbocycles. The molecule has 0 spiro atoms. The summed E-state index contributed by atoms with van der Waals surface area (Å²) in [4.78, 5) is 48.8. The molecule has 1 heterocycles. The van der Waals surface area contributed by atoms with Crippen molar-refractivity contribution >= 4 is 41.2 Å². The fraction of sp³-hybridized carbons (Fsp3) is 0.412. The van der Waals surface area contributed by atoms with Crippen LogP contribution in [-0.2, 0) is 23.9 Å². The summed E-state index contributed by atoms with van der Waals surface area (Å²) in [6.45, 7) is 1.91. The maximum absolute atomic E-state index is 12.5. The number of hydrogen-bond acceptors (Lipinski definition) is 8. The zero-order chi connectivity index (χ0) is 19.3. The SMILES string of the molecule is CCOC(=O)[C@@H](N)CS[C@H]1CC(=O)N(c2ccc(C(=O)OC)cc2)C1=O. The summed E-state index contributed by atoms with van der Waals surface area (Å²) < 4.78 is 9.43. The molecular weight excluding hydrogens is 360 g/mol. The number of thioether (sulfide) groups is 1. The number of anilines is 1. The normalized spacial score (nSPS) is 18.0. The molecular formula is C17H20N2O6S. The van der Waals surface area contributed by atoms with Gasteiger partial charge in [-0.25, -0.2) is 9.69 Å². The second-order valence-corrected chi connectivity index (χ2v) is 6.73. The minimum Gasteiger partial charge on any atom is -0.465 e. The van der Waals surface area contributed by atoms with Gasteiger partial charge in [0.2, 0.25) is 11.8 Å². The largest absolute Gasteiger partial charge is 0.465 e. The van der Waals surface area contributed by atoms with E-state index in [-0.39, 0.29) is 30.6 Å². The molecule has 1 fully saturated rings. The highest BCUT2D eigenvalue weighted by molar-refractivity contribution is 8.00. The van der Waals surface area contributed by atoms with Crippen LogP contribution in [0, 0.1) is 0 Å². The van der Waals surface area contributed by atoms with Gasteiger partial charge in [-0.2, -0.15) is 0 Å². The van der Waals surface area contributed by atoms with Crippen LogP contribution in [0.4, 0.5) is 5.69 Å². The van der Waals surface area contributed by atoms with Gasteiger partial charge in [0.15, 0.2) is 0 Å². The number of benzene rings is 1. The van der Waals surface area contributed by atoms with Crippen molar-refractivity contribution in [2.45, 2.75) is 24.6 Å². The first-order valence-corrected chi connectivity index (χ1v) is 9.02. The lowest BCUT2D eigenvalue weighted by Gasteiger charge is -2.16. The van der Waals surface area contributed by atoms with Gasteiger partial charge in [-0.3, -0.25) is 14.4 Å². The number of ether oxygens (including phenoxy) is 2. The molecule has 2 N–H and O–H groups in total. The van der Waals surface area contributed by atoms with Crippen LogP contribution in [0.25, 0.3) is 0 Å². The predicted molar refractivity (Wildman–Crippen MR) is 95.7 cm³/mol. The second-order valence-electron chi connectivity index (χ2n) is 5.49. The molecule has 2 atom stereocenters. The molecule has 1 saturated heterocycles. The van der Waals surface area contributed by atoms with Gasteiger partial charge in [0.25, 0.3) is 0 Å². The van der Waals surface area contributed by atoms with Crippen molar-refractivity contribution in [3.05, 3.63) is 29.8 Å². The minimum absolute atomic E-state index is 0.0256. The molecule has 1 aromatic carbocycles. The Morgan fingerprint density at radius 1 is 1.31 bits per heavy atom. The van der Waals surface area contributed by atoms with Gasteiger partial charge >= 0.3 is 11.9 Å². The zero-order valence-corrected chi connectivity index (χ0v) is 15.3. The minimum atomic E-state index is -0.851.